The van der Waals surface area contributed by atoms with Gasteiger partial charge in [0.2, 0.25) is 5.91 Å². The van der Waals surface area contributed by atoms with E-state index >= 15 is 0 Å². The lowest BCUT2D eigenvalue weighted by molar-refractivity contribution is -0.118. The maximum atomic E-state index is 12.8. The molecule has 0 saturated heterocycles. The molecule has 0 spiro atoms. The molecule has 0 saturated carbocycles. The van der Waals surface area contributed by atoms with Crippen LogP contribution < -0.4 is 5.32 Å². The van der Waals surface area contributed by atoms with Gasteiger partial charge in [0.1, 0.15) is 11.6 Å². The molecule has 1 N–H and O–H groups in total. The average Bonchev–Trinajstić information content (AvgIpc) is 2.11. The molecule has 0 aliphatic rings. The summed E-state index contributed by atoms with van der Waals surface area (Å²) in [4.78, 5) is 15.0. The largest absolute Gasteiger partial charge is 0.310 e. The minimum Gasteiger partial charge on any atom is -0.310 e. The first kappa shape index (κ1) is 10.6. The van der Waals surface area contributed by atoms with Gasteiger partial charge in [-0.15, -0.1) is 0 Å². The maximum absolute atomic E-state index is 12.8. The van der Waals surface area contributed by atoms with Crippen LogP contribution in [0.2, 0.25) is 0 Å². The number of nitrogens with one attached hydrogen (secondary N) is 1. The van der Waals surface area contributed by atoms with Crippen LogP contribution in [-0.2, 0) is 4.79 Å². The van der Waals surface area contributed by atoms with E-state index in [0.29, 0.717) is 11.4 Å². The molecule has 1 rings (SSSR count). The van der Waals surface area contributed by atoms with Gasteiger partial charge in [-0.05, 0) is 18.6 Å². The molecule has 1 heterocycles. The van der Waals surface area contributed by atoms with Crippen molar-refractivity contribution < 1.29 is 9.18 Å². The summed E-state index contributed by atoms with van der Waals surface area (Å²) in [7, 11) is 0. The van der Waals surface area contributed by atoms with Crippen molar-refractivity contribution in [3.05, 3.63) is 23.6 Å². The highest BCUT2D eigenvalue weighted by Gasteiger charge is 2.08. The first-order valence-corrected chi connectivity index (χ1v) is 4.43. The predicted molar refractivity (Wildman–Crippen MR) is 52.4 cm³/mol. The zero-order valence-electron chi connectivity index (χ0n) is 8.47. The fraction of sp³-hybridized carbons (Fsp3) is 0.400. The first-order valence-electron chi connectivity index (χ1n) is 4.43. The zero-order chi connectivity index (χ0) is 10.7. The number of aromatic nitrogens is 1. The van der Waals surface area contributed by atoms with Crippen molar-refractivity contribution in [2.24, 2.45) is 5.92 Å². The highest BCUT2D eigenvalue weighted by molar-refractivity contribution is 5.91. The van der Waals surface area contributed by atoms with Crippen molar-refractivity contribution in [2.75, 3.05) is 5.32 Å². The highest BCUT2D eigenvalue weighted by atomic mass is 19.1. The standard InChI is InChI=1S/C10H13FN2O/c1-6(2)10(14)13-9-4-7(3)8(11)5-12-9/h4-6H,1-3H3,(H,12,13,14). The van der Waals surface area contributed by atoms with E-state index in [0.717, 1.165) is 6.20 Å². The van der Waals surface area contributed by atoms with E-state index in [2.05, 4.69) is 10.3 Å². The third kappa shape index (κ3) is 2.52. The summed E-state index contributed by atoms with van der Waals surface area (Å²) in [6.07, 6.45) is 1.10. The smallest absolute Gasteiger partial charge is 0.228 e. The van der Waals surface area contributed by atoms with Gasteiger partial charge in [0, 0.05) is 5.92 Å². The van der Waals surface area contributed by atoms with Crippen LogP contribution in [0.5, 0.6) is 0 Å². The molecule has 76 valence electrons. The highest BCUT2D eigenvalue weighted by Crippen LogP contribution is 2.10. The monoisotopic (exact) mass is 196 g/mol. The van der Waals surface area contributed by atoms with Gasteiger partial charge in [0.25, 0.3) is 0 Å². The Bertz CT molecular complexity index is 350. The van der Waals surface area contributed by atoms with Crippen LogP contribution in [0.4, 0.5) is 10.2 Å². The molecule has 0 unspecified atom stereocenters. The van der Waals surface area contributed by atoms with Crippen molar-refractivity contribution in [3.8, 4) is 0 Å². The lowest BCUT2D eigenvalue weighted by atomic mass is 10.2. The van der Waals surface area contributed by atoms with Crippen LogP contribution >= 0.6 is 0 Å². The van der Waals surface area contributed by atoms with Crippen molar-refractivity contribution >= 4 is 11.7 Å². The van der Waals surface area contributed by atoms with Crippen LogP contribution in [0.25, 0.3) is 0 Å². The second-order valence-corrected chi connectivity index (χ2v) is 3.46. The molecule has 0 aromatic carbocycles. The Balaban J connectivity index is 2.78. The molecule has 4 heteroatoms. The number of hydrogen-bond donors (Lipinski definition) is 1. The number of hydrogen-bond acceptors (Lipinski definition) is 2. The summed E-state index contributed by atoms with van der Waals surface area (Å²) < 4.78 is 12.8. The first-order chi connectivity index (χ1) is 6.50. The fourth-order valence-electron chi connectivity index (χ4n) is 0.878. The normalized spacial score (nSPS) is 10.4. The van der Waals surface area contributed by atoms with E-state index in [-0.39, 0.29) is 17.6 Å². The number of amides is 1. The summed E-state index contributed by atoms with van der Waals surface area (Å²) in [5.41, 5.74) is 0.471. The van der Waals surface area contributed by atoms with E-state index in [1.54, 1.807) is 20.8 Å². The molecule has 1 aromatic heterocycles. The second kappa shape index (κ2) is 4.17. The van der Waals surface area contributed by atoms with E-state index < -0.39 is 0 Å². The van der Waals surface area contributed by atoms with Crippen molar-refractivity contribution in [2.45, 2.75) is 20.8 Å². The SMILES string of the molecule is Cc1cc(NC(=O)C(C)C)ncc1F. The third-order valence-corrected chi connectivity index (χ3v) is 1.82. The molecule has 0 aliphatic carbocycles. The second-order valence-electron chi connectivity index (χ2n) is 3.46. The lowest BCUT2D eigenvalue weighted by Crippen LogP contribution is -2.18. The van der Waals surface area contributed by atoms with Gasteiger partial charge in [-0.25, -0.2) is 9.37 Å². The molecule has 0 radical (unpaired) electrons. The number of halogens is 1. The van der Waals surface area contributed by atoms with Gasteiger partial charge in [0.15, 0.2) is 0 Å². The Kier molecular flexibility index (Phi) is 3.17. The van der Waals surface area contributed by atoms with Gasteiger partial charge >= 0.3 is 0 Å². The third-order valence-electron chi connectivity index (χ3n) is 1.82. The van der Waals surface area contributed by atoms with E-state index in [9.17, 15) is 9.18 Å². The topological polar surface area (TPSA) is 42.0 Å². The Morgan fingerprint density at radius 2 is 2.21 bits per heavy atom. The number of nitrogens with zero attached hydrogens (tertiary/aromatic N) is 1. The van der Waals surface area contributed by atoms with Crippen LogP contribution in [-0.4, -0.2) is 10.9 Å². The molecule has 0 atom stereocenters. The molecule has 1 aromatic rings. The predicted octanol–water partition coefficient (Wildman–Crippen LogP) is 2.12. The number of pyridine rings is 1. The van der Waals surface area contributed by atoms with Crippen molar-refractivity contribution in [1.29, 1.82) is 0 Å². The minimum absolute atomic E-state index is 0.109. The van der Waals surface area contributed by atoms with Crippen LogP contribution in [0.15, 0.2) is 12.3 Å². The molecule has 0 fully saturated rings. The lowest BCUT2D eigenvalue weighted by Gasteiger charge is -2.07. The summed E-state index contributed by atoms with van der Waals surface area (Å²) in [6.45, 7) is 5.19. The molecule has 0 bridgehead atoms. The molecule has 1 amide bonds. The Morgan fingerprint density at radius 1 is 1.57 bits per heavy atom. The van der Waals surface area contributed by atoms with Crippen LogP contribution in [0.1, 0.15) is 19.4 Å². The summed E-state index contributed by atoms with van der Waals surface area (Å²) in [5.74, 6) is -0.208. The van der Waals surface area contributed by atoms with Gasteiger partial charge < -0.3 is 5.32 Å². The number of anilines is 1. The summed E-state index contributed by atoms with van der Waals surface area (Å²) >= 11 is 0. The Labute approximate surface area is 82.4 Å². The summed E-state index contributed by atoms with van der Waals surface area (Å²) in [6, 6.07) is 1.51. The Hall–Kier alpha value is -1.45. The van der Waals surface area contributed by atoms with E-state index in [1.165, 1.54) is 6.07 Å². The number of carbonyl (C=O) groups excluding carboxylic acids is 1. The molecular weight excluding hydrogens is 183 g/mol. The maximum Gasteiger partial charge on any atom is 0.228 e. The van der Waals surface area contributed by atoms with E-state index in [4.69, 9.17) is 0 Å². The number of aryl methyl sites for hydroxylation is 1. The molecule has 3 nitrogen and oxygen atoms in total. The fourth-order valence-corrected chi connectivity index (χ4v) is 0.878. The van der Waals surface area contributed by atoms with Crippen molar-refractivity contribution in [3.63, 3.8) is 0 Å². The van der Waals surface area contributed by atoms with Gasteiger partial charge in [-0.3, -0.25) is 4.79 Å². The zero-order valence-corrected chi connectivity index (χ0v) is 8.47. The van der Waals surface area contributed by atoms with Crippen LogP contribution in [0, 0.1) is 18.7 Å². The summed E-state index contributed by atoms with van der Waals surface area (Å²) in [5, 5.41) is 2.59. The molecule has 0 aliphatic heterocycles. The molecule has 14 heavy (non-hydrogen) atoms. The minimum atomic E-state index is -0.368. The Morgan fingerprint density at radius 3 is 2.71 bits per heavy atom. The van der Waals surface area contributed by atoms with Crippen LogP contribution in [0.3, 0.4) is 0 Å². The van der Waals surface area contributed by atoms with Gasteiger partial charge in [-0.1, -0.05) is 13.8 Å². The number of rotatable bonds is 2. The van der Waals surface area contributed by atoms with E-state index in [1.807, 2.05) is 0 Å². The number of carbonyl (C=O) groups is 1. The van der Waals surface area contributed by atoms with Gasteiger partial charge in [0.05, 0.1) is 6.20 Å². The molecular formula is C10H13FN2O. The van der Waals surface area contributed by atoms with Gasteiger partial charge in [-0.2, -0.15) is 0 Å². The van der Waals surface area contributed by atoms with Crippen molar-refractivity contribution in [1.82, 2.24) is 4.98 Å². The quantitative estimate of drug-likeness (QED) is 0.787. The average molecular weight is 196 g/mol.